The first-order valence-electron chi connectivity index (χ1n) is 6.78. The first-order valence-corrected chi connectivity index (χ1v) is 8.81. The van der Waals surface area contributed by atoms with Gasteiger partial charge in [0.15, 0.2) is 0 Å². The van der Waals surface area contributed by atoms with Crippen molar-refractivity contribution < 1.29 is 0 Å². The summed E-state index contributed by atoms with van der Waals surface area (Å²) in [6, 6.07) is 16.8. The standard InChI is InChI=1S/C17H14N2SSi/c18-10-3-5-12-15(8-10)21-16-9-11(19)4-6-13(16)17(12)14-2-1-7-20-14/h1-9,21H,18-19H2. The molecular weight excluding hydrogens is 292 g/mol. The van der Waals surface area contributed by atoms with Crippen molar-refractivity contribution in [1.82, 2.24) is 0 Å². The van der Waals surface area contributed by atoms with Crippen molar-refractivity contribution in [1.29, 1.82) is 0 Å². The molecule has 4 rings (SSSR count). The Morgan fingerprint density at radius 2 is 1.43 bits per heavy atom. The highest BCUT2D eigenvalue weighted by atomic mass is 32.1. The van der Waals surface area contributed by atoms with Crippen molar-refractivity contribution in [3.8, 4) is 10.4 Å². The van der Waals surface area contributed by atoms with Gasteiger partial charge in [0.05, 0.1) is 0 Å². The lowest BCUT2D eigenvalue weighted by atomic mass is 10.0. The molecule has 0 amide bonds. The predicted octanol–water partition coefficient (Wildman–Crippen LogP) is 3.96. The minimum absolute atomic E-state index is 0.0334. The summed E-state index contributed by atoms with van der Waals surface area (Å²) in [7, 11) is 0.0334. The van der Waals surface area contributed by atoms with Crippen molar-refractivity contribution in [2.24, 2.45) is 0 Å². The molecule has 2 heterocycles. The second-order valence-corrected chi connectivity index (χ2v) is 7.67. The maximum absolute atomic E-state index is 5.98. The van der Waals surface area contributed by atoms with Crippen LogP contribution in [0.4, 0.5) is 11.4 Å². The Balaban J connectivity index is 2.23. The van der Waals surface area contributed by atoms with E-state index in [0.29, 0.717) is 0 Å². The lowest BCUT2D eigenvalue weighted by molar-refractivity contribution is 1.76. The summed E-state index contributed by atoms with van der Waals surface area (Å²) >= 11 is 1.77. The number of hydrogen-bond acceptors (Lipinski definition) is 3. The van der Waals surface area contributed by atoms with Gasteiger partial charge in [-0.3, -0.25) is 0 Å². The molecule has 0 bridgehead atoms. The van der Waals surface area contributed by atoms with Gasteiger partial charge in [0.2, 0.25) is 0 Å². The van der Waals surface area contributed by atoms with Crippen LogP contribution in [0.15, 0.2) is 53.9 Å². The van der Waals surface area contributed by atoms with Crippen LogP contribution in [0, 0.1) is 0 Å². The van der Waals surface area contributed by atoms with Gasteiger partial charge in [-0.25, -0.2) is 0 Å². The van der Waals surface area contributed by atoms with Crippen LogP contribution in [0.25, 0.3) is 31.2 Å². The number of thiophene rings is 1. The molecule has 0 saturated carbocycles. The number of anilines is 2. The van der Waals surface area contributed by atoms with Gasteiger partial charge in [-0.2, -0.15) is 0 Å². The van der Waals surface area contributed by atoms with E-state index in [0.717, 1.165) is 11.4 Å². The number of fused-ring (bicyclic) bond motifs is 2. The van der Waals surface area contributed by atoms with E-state index < -0.39 is 0 Å². The summed E-state index contributed by atoms with van der Waals surface area (Å²) in [6.45, 7) is 0. The number of nitrogens with two attached hydrogens (primary N) is 2. The van der Waals surface area contributed by atoms with Crippen LogP contribution in [0.5, 0.6) is 0 Å². The predicted molar refractivity (Wildman–Crippen MR) is 96.3 cm³/mol. The van der Waals surface area contributed by atoms with Crippen molar-refractivity contribution >= 4 is 52.6 Å². The molecule has 0 fully saturated rings. The fourth-order valence-electron chi connectivity index (χ4n) is 2.86. The van der Waals surface area contributed by atoms with Gasteiger partial charge in [-0.05, 0) is 56.5 Å². The molecule has 4 aromatic rings. The molecule has 21 heavy (non-hydrogen) atoms. The van der Waals surface area contributed by atoms with Gasteiger partial charge in [-0.1, -0.05) is 18.2 Å². The number of hydrogen-bond donors (Lipinski definition) is 2. The fourth-order valence-corrected chi connectivity index (χ4v) is 5.33. The van der Waals surface area contributed by atoms with Gasteiger partial charge < -0.3 is 11.5 Å². The maximum atomic E-state index is 5.98. The van der Waals surface area contributed by atoms with Crippen LogP contribution in [0.1, 0.15) is 0 Å². The second-order valence-electron chi connectivity index (χ2n) is 5.19. The van der Waals surface area contributed by atoms with E-state index in [1.165, 1.54) is 31.2 Å². The van der Waals surface area contributed by atoms with E-state index in [1.807, 2.05) is 12.1 Å². The van der Waals surface area contributed by atoms with E-state index >= 15 is 0 Å². The molecule has 2 nitrogen and oxygen atoms in total. The Hall–Kier alpha value is -2.17. The lowest BCUT2D eigenvalue weighted by Gasteiger charge is -2.11. The summed E-state index contributed by atoms with van der Waals surface area (Å²) in [5.41, 5.74) is 14.9. The van der Waals surface area contributed by atoms with Gasteiger partial charge in [0.25, 0.3) is 0 Å². The number of nitrogen functional groups attached to an aromatic ring is 2. The summed E-state index contributed by atoms with van der Waals surface area (Å²) in [5.74, 6) is 0. The zero-order chi connectivity index (χ0) is 14.4. The van der Waals surface area contributed by atoms with Crippen molar-refractivity contribution in [2.45, 2.75) is 0 Å². The minimum Gasteiger partial charge on any atom is -0.399 e. The third-order valence-corrected chi connectivity index (χ3v) is 6.23. The van der Waals surface area contributed by atoms with Crippen LogP contribution >= 0.6 is 11.3 Å². The van der Waals surface area contributed by atoms with Crippen molar-refractivity contribution in [2.75, 3.05) is 11.5 Å². The monoisotopic (exact) mass is 306 g/mol. The highest BCUT2D eigenvalue weighted by molar-refractivity contribution is 7.13. The van der Waals surface area contributed by atoms with E-state index in [9.17, 15) is 0 Å². The molecule has 0 unspecified atom stereocenters. The molecule has 2 aromatic heterocycles. The summed E-state index contributed by atoms with van der Waals surface area (Å²) in [5, 5.41) is 4.76. The highest BCUT2D eigenvalue weighted by Crippen LogP contribution is 2.37. The SMILES string of the molecule is Nc1ccc2c(-c3cccs3)c3ccc(N)cc3[siH]c2c1. The Morgan fingerprint density at radius 1 is 0.810 bits per heavy atom. The molecule has 4 heteroatoms. The topological polar surface area (TPSA) is 52.0 Å². The first-order chi connectivity index (χ1) is 10.2. The van der Waals surface area contributed by atoms with Crippen LogP contribution in [-0.2, 0) is 0 Å². The number of benzene rings is 2. The third kappa shape index (κ3) is 2.04. The molecule has 0 aliphatic rings. The molecule has 0 atom stereocenters. The van der Waals surface area contributed by atoms with Gasteiger partial charge in [0.1, 0.15) is 0 Å². The molecule has 2 aromatic carbocycles. The van der Waals surface area contributed by atoms with E-state index in [1.54, 1.807) is 11.3 Å². The number of rotatable bonds is 1. The second kappa shape index (κ2) is 4.68. The quantitative estimate of drug-likeness (QED) is 0.318. The average Bonchev–Trinajstić information content (AvgIpc) is 2.98. The Morgan fingerprint density at radius 3 is 1.95 bits per heavy atom. The molecule has 4 N–H and O–H groups in total. The van der Waals surface area contributed by atoms with Gasteiger partial charge >= 0.3 is 0 Å². The lowest BCUT2D eigenvalue weighted by Crippen LogP contribution is -1.92. The summed E-state index contributed by atoms with van der Waals surface area (Å²) in [4.78, 5) is 4.01. The minimum atomic E-state index is 0.0334. The highest BCUT2D eigenvalue weighted by Gasteiger charge is 2.11. The Bertz CT molecular complexity index is 902. The third-order valence-electron chi connectivity index (χ3n) is 3.77. The smallest absolute Gasteiger partial charge is 0.0403 e. The molecule has 102 valence electrons. The van der Waals surface area contributed by atoms with Gasteiger partial charge in [-0.15, -0.1) is 11.3 Å². The van der Waals surface area contributed by atoms with E-state index in [4.69, 9.17) is 11.5 Å². The largest absolute Gasteiger partial charge is 0.399 e. The molecule has 0 saturated heterocycles. The Kier molecular flexibility index (Phi) is 2.80. The molecule has 0 spiro atoms. The summed E-state index contributed by atoms with van der Waals surface area (Å²) < 4.78 is 0. The maximum Gasteiger partial charge on any atom is 0.0403 e. The molecule has 0 radical (unpaired) electrons. The van der Waals surface area contributed by atoms with E-state index in [-0.39, 0.29) is 9.12 Å². The molecular formula is C17H14N2SSi. The van der Waals surface area contributed by atoms with Crippen molar-refractivity contribution in [3.05, 3.63) is 53.9 Å². The van der Waals surface area contributed by atoms with Gasteiger partial charge in [0, 0.05) is 30.9 Å². The zero-order valence-electron chi connectivity index (χ0n) is 11.3. The molecule has 0 aliphatic heterocycles. The average molecular weight is 306 g/mol. The fraction of sp³-hybridized carbons (Fsp3) is 0. The van der Waals surface area contributed by atoms with Crippen LogP contribution in [0.2, 0.25) is 0 Å². The van der Waals surface area contributed by atoms with Crippen LogP contribution < -0.4 is 11.5 Å². The normalized spacial score (nSPS) is 11.2. The van der Waals surface area contributed by atoms with Crippen LogP contribution in [0.3, 0.4) is 0 Å². The zero-order valence-corrected chi connectivity index (χ0v) is 13.3. The van der Waals surface area contributed by atoms with Crippen molar-refractivity contribution in [3.63, 3.8) is 0 Å². The first kappa shape index (κ1) is 12.6. The molecule has 0 aliphatic carbocycles. The summed E-state index contributed by atoms with van der Waals surface area (Å²) in [6.07, 6.45) is 0. The Labute approximate surface area is 128 Å². The van der Waals surface area contributed by atoms with Crippen LogP contribution in [-0.4, -0.2) is 9.12 Å². The van der Waals surface area contributed by atoms with E-state index in [2.05, 4.69) is 41.8 Å².